The molecule has 6 nitrogen and oxygen atoms in total. The Morgan fingerprint density at radius 1 is 1.29 bits per heavy atom. The fourth-order valence-electron chi connectivity index (χ4n) is 1.58. The van der Waals surface area contributed by atoms with E-state index >= 15 is 0 Å². The zero-order valence-electron chi connectivity index (χ0n) is 11.1. The highest BCUT2D eigenvalue weighted by molar-refractivity contribution is 7.89. The third-order valence-electron chi connectivity index (χ3n) is 2.60. The van der Waals surface area contributed by atoms with E-state index in [1.165, 1.54) is 19.2 Å². The van der Waals surface area contributed by atoms with Gasteiger partial charge in [-0.3, -0.25) is 0 Å². The van der Waals surface area contributed by atoms with E-state index in [9.17, 15) is 12.8 Å². The lowest BCUT2D eigenvalue weighted by molar-refractivity contribution is 0.283. The zero-order valence-corrected chi connectivity index (χ0v) is 11.9. The number of aromatic nitrogens is 1. The quantitative estimate of drug-likeness (QED) is 0.902. The lowest BCUT2D eigenvalue weighted by Crippen LogP contribution is -2.12. The van der Waals surface area contributed by atoms with Gasteiger partial charge in [-0.1, -0.05) is 6.07 Å². The maximum absolute atomic E-state index is 13.7. The Kier molecular flexibility index (Phi) is 4.39. The van der Waals surface area contributed by atoms with Gasteiger partial charge < -0.3 is 9.47 Å². The number of nitrogens with zero attached hydrogens (tertiary/aromatic N) is 1. The van der Waals surface area contributed by atoms with Crippen molar-refractivity contribution >= 4 is 10.0 Å². The fourth-order valence-corrected chi connectivity index (χ4v) is 2.10. The van der Waals surface area contributed by atoms with E-state index in [0.717, 1.165) is 6.07 Å². The summed E-state index contributed by atoms with van der Waals surface area (Å²) in [4.78, 5) is 3.79. The minimum atomic E-state index is -3.94. The summed E-state index contributed by atoms with van der Waals surface area (Å²) in [6.45, 7) is 0.0167. The molecule has 0 atom stereocenters. The molecule has 0 amide bonds. The Balaban J connectivity index is 2.13. The highest BCUT2D eigenvalue weighted by atomic mass is 32.2. The number of nitrogens with two attached hydrogens (primary N) is 1. The number of halogens is 1. The van der Waals surface area contributed by atoms with E-state index in [2.05, 4.69) is 4.98 Å². The lowest BCUT2D eigenvalue weighted by atomic mass is 10.3. The highest BCUT2D eigenvalue weighted by Gasteiger charge is 2.12. The minimum Gasteiger partial charge on any atom is -0.484 e. The van der Waals surface area contributed by atoms with Gasteiger partial charge >= 0.3 is 0 Å². The number of hydrogen-bond donors (Lipinski definition) is 1. The first kappa shape index (κ1) is 15.2. The van der Waals surface area contributed by atoms with Crippen molar-refractivity contribution in [1.82, 2.24) is 4.98 Å². The monoisotopic (exact) mass is 312 g/mol. The molecule has 1 aromatic carbocycles. The van der Waals surface area contributed by atoms with Crippen molar-refractivity contribution in [2.75, 3.05) is 7.11 Å². The molecule has 0 saturated heterocycles. The van der Waals surface area contributed by atoms with Crippen molar-refractivity contribution in [3.63, 3.8) is 0 Å². The van der Waals surface area contributed by atoms with Crippen LogP contribution in [0.1, 0.15) is 5.69 Å². The molecule has 1 heterocycles. The Hall–Kier alpha value is -2.19. The Morgan fingerprint density at radius 3 is 2.67 bits per heavy atom. The number of primary sulfonamides is 1. The first-order valence-electron chi connectivity index (χ1n) is 5.85. The van der Waals surface area contributed by atoms with Crippen LogP contribution < -0.4 is 14.6 Å². The summed E-state index contributed by atoms with van der Waals surface area (Å²) in [6.07, 6.45) is 0. The molecule has 0 aliphatic heterocycles. The first-order valence-corrected chi connectivity index (χ1v) is 7.40. The van der Waals surface area contributed by atoms with Gasteiger partial charge in [0.1, 0.15) is 6.61 Å². The average molecular weight is 312 g/mol. The standard InChI is InChI=1S/C13H13FN2O4S/c1-19-13-4-2-3-9(16-13)8-20-12-6-5-10(7-11(12)14)21(15,17)18/h2-7H,8H2,1H3,(H2,15,17,18). The lowest BCUT2D eigenvalue weighted by Gasteiger charge is -2.08. The maximum atomic E-state index is 13.7. The van der Waals surface area contributed by atoms with Crippen molar-refractivity contribution in [2.45, 2.75) is 11.5 Å². The first-order chi connectivity index (χ1) is 9.90. The van der Waals surface area contributed by atoms with Gasteiger partial charge in [0.05, 0.1) is 17.7 Å². The van der Waals surface area contributed by atoms with Crippen LogP contribution in [0.4, 0.5) is 4.39 Å². The molecule has 21 heavy (non-hydrogen) atoms. The SMILES string of the molecule is COc1cccc(COc2ccc(S(N)(=O)=O)cc2F)n1. The van der Waals surface area contributed by atoms with Crippen LogP contribution in [0.3, 0.4) is 0 Å². The number of benzene rings is 1. The summed E-state index contributed by atoms with van der Waals surface area (Å²) in [5.74, 6) is -0.488. The van der Waals surface area contributed by atoms with Crippen molar-refractivity contribution in [2.24, 2.45) is 5.14 Å². The molecule has 0 fully saturated rings. The fraction of sp³-hybridized carbons (Fsp3) is 0.154. The van der Waals surface area contributed by atoms with Gasteiger partial charge in [-0.05, 0) is 24.3 Å². The minimum absolute atomic E-state index is 0.0167. The molecule has 1 aromatic heterocycles. The molecule has 0 spiro atoms. The van der Waals surface area contributed by atoms with E-state index in [4.69, 9.17) is 14.6 Å². The van der Waals surface area contributed by atoms with Gasteiger partial charge in [0, 0.05) is 6.07 Å². The third-order valence-corrected chi connectivity index (χ3v) is 3.51. The van der Waals surface area contributed by atoms with Crippen LogP contribution in [-0.4, -0.2) is 20.5 Å². The van der Waals surface area contributed by atoms with Crippen LogP contribution >= 0.6 is 0 Å². The number of methoxy groups -OCH3 is 1. The van der Waals surface area contributed by atoms with Crippen LogP contribution in [0.5, 0.6) is 11.6 Å². The molecule has 2 rings (SSSR count). The zero-order chi connectivity index (χ0) is 15.5. The Bertz CT molecular complexity index is 750. The molecule has 0 saturated carbocycles. The predicted molar refractivity (Wildman–Crippen MR) is 72.9 cm³/mol. The van der Waals surface area contributed by atoms with Crippen molar-refractivity contribution in [1.29, 1.82) is 0 Å². The average Bonchev–Trinajstić information content (AvgIpc) is 2.45. The summed E-state index contributed by atoms with van der Waals surface area (Å²) in [5.41, 5.74) is 0.546. The molecule has 8 heteroatoms. The summed E-state index contributed by atoms with van der Waals surface area (Å²) in [7, 11) is -2.46. The summed E-state index contributed by atoms with van der Waals surface area (Å²) in [6, 6.07) is 8.28. The van der Waals surface area contributed by atoms with Crippen LogP contribution in [0.2, 0.25) is 0 Å². The van der Waals surface area contributed by atoms with E-state index in [-0.39, 0.29) is 17.3 Å². The molecular formula is C13H13FN2O4S. The van der Waals surface area contributed by atoms with Gasteiger partial charge in [-0.2, -0.15) is 0 Å². The molecule has 112 valence electrons. The smallest absolute Gasteiger partial charge is 0.238 e. The molecule has 0 bridgehead atoms. The summed E-state index contributed by atoms with van der Waals surface area (Å²) in [5, 5.41) is 4.91. The van der Waals surface area contributed by atoms with Crippen LogP contribution in [0, 0.1) is 5.82 Å². The van der Waals surface area contributed by atoms with Gasteiger partial charge in [0.15, 0.2) is 11.6 Å². The molecule has 0 aliphatic rings. The third kappa shape index (κ3) is 3.89. The van der Waals surface area contributed by atoms with E-state index < -0.39 is 15.8 Å². The molecule has 0 aliphatic carbocycles. The second-order valence-electron chi connectivity index (χ2n) is 4.10. The number of pyridine rings is 1. The van der Waals surface area contributed by atoms with Crippen molar-refractivity contribution in [3.05, 3.63) is 47.9 Å². The summed E-state index contributed by atoms with van der Waals surface area (Å²) >= 11 is 0. The molecule has 0 radical (unpaired) electrons. The molecule has 2 aromatic rings. The number of ether oxygens (including phenoxy) is 2. The largest absolute Gasteiger partial charge is 0.484 e. The van der Waals surface area contributed by atoms with Gasteiger partial charge in [-0.25, -0.2) is 22.9 Å². The number of rotatable bonds is 5. The highest BCUT2D eigenvalue weighted by Crippen LogP contribution is 2.21. The second kappa shape index (κ2) is 6.06. The maximum Gasteiger partial charge on any atom is 0.238 e. The van der Waals surface area contributed by atoms with Gasteiger partial charge in [0.25, 0.3) is 0 Å². The summed E-state index contributed by atoms with van der Waals surface area (Å²) < 4.78 is 46.1. The van der Waals surface area contributed by atoms with Gasteiger partial charge in [0.2, 0.25) is 15.9 Å². The molecule has 0 unspecified atom stereocenters. The van der Waals surface area contributed by atoms with Crippen LogP contribution in [-0.2, 0) is 16.6 Å². The second-order valence-corrected chi connectivity index (χ2v) is 5.66. The van der Waals surface area contributed by atoms with Crippen molar-refractivity contribution < 1.29 is 22.3 Å². The molecule has 2 N–H and O–H groups in total. The normalized spacial score (nSPS) is 11.2. The molecular weight excluding hydrogens is 299 g/mol. The Labute approximate surface area is 121 Å². The van der Waals surface area contributed by atoms with Crippen LogP contribution in [0.15, 0.2) is 41.3 Å². The van der Waals surface area contributed by atoms with Gasteiger partial charge in [-0.15, -0.1) is 0 Å². The topological polar surface area (TPSA) is 91.5 Å². The Morgan fingerprint density at radius 2 is 2.05 bits per heavy atom. The van der Waals surface area contributed by atoms with Crippen LogP contribution in [0.25, 0.3) is 0 Å². The van der Waals surface area contributed by atoms with E-state index in [1.807, 2.05) is 0 Å². The van der Waals surface area contributed by atoms with E-state index in [0.29, 0.717) is 11.6 Å². The number of sulfonamides is 1. The number of hydrogen-bond acceptors (Lipinski definition) is 5. The van der Waals surface area contributed by atoms with Crippen molar-refractivity contribution in [3.8, 4) is 11.6 Å². The predicted octanol–water partition coefficient (Wildman–Crippen LogP) is 1.46. The van der Waals surface area contributed by atoms with E-state index in [1.54, 1.807) is 18.2 Å².